The van der Waals surface area contributed by atoms with Gasteiger partial charge in [0.15, 0.2) is 0 Å². The lowest BCUT2D eigenvalue weighted by atomic mass is 10.1. The van der Waals surface area contributed by atoms with Crippen LogP contribution in [0, 0.1) is 0 Å². The average molecular weight is 177 g/mol. The maximum atomic E-state index is 4.08. The summed E-state index contributed by atoms with van der Waals surface area (Å²) in [5.41, 5.74) is 1.16. The van der Waals surface area contributed by atoms with Gasteiger partial charge < -0.3 is 0 Å². The molecule has 0 saturated carbocycles. The monoisotopic (exact) mass is 177 g/mol. The Morgan fingerprint density at radius 2 is 2.31 bits per heavy atom. The second-order valence-corrected chi connectivity index (χ2v) is 3.10. The van der Waals surface area contributed by atoms with Crippen LogP contribution in [-0.2, 0) is 0 Å². The van der Waals surface area contributed by atoms with E-state index in [1.807, 2.05) is 32.6 Å². The third-order valence-corrected chi connectivity index (χ3v) is 1.87. The molecular weight excluding hydrogens is 162 g/mol. The van der Waals surface area contributed by atoms with Crippen LogP contribution in [0.2, 0.25) is 0 Å². The molecule has 1 unspecified atom stereocenters. The third kappa shape index (κ3) is 2.63. The number of pyridine rings is 1. The van der Waals surface area contributed by atoms with Crippen molar-refractivity contribution in [1.29, 1.82) is 0 Å². The van der Waals surface area contributed by atoms with Crippen LogP contribution in [-0.4, -0.2) is 37.2 Å². The quantitative estimate of drug-likeness (QED) is 0.653. The Labute approximate surface area is 79.1 Å². The third-order valence-electron chi connectivity index (χ3n) is 1.87. The molecule has 0 aliphatic heterocycles. The van der Waals surface area contributed by atoms with E-state index in [4.69, 9.17) is 0 Å². The molecule has 1 heterocycles. The average Bonchev–Trinajstić information content (AvgIpc) is 2.15. The molecule has 3 heteroatoms. The van der Waals surface area contributed by atoms with Crippen molar-refractivity contribution < 1.29 is 0 Å². The van der Waals surface area contributed by atoms with E-state index in [1.54, 1.807) is 13.2 Å². The fourth-order valence-electron chi connectivity index (χ4n) is 1.21. The summed E-state index contributed by atoms with van der Waals surface area (Å²) in [5.74, 6) is 0. The minimum Gasteiger partial charge on any atom is -0.299 e. The van der Waals surface area contributed by atoms with Crippen molar-refractivity contribution >= 4 is 6.21 Å². The Bertz CT molecular complexity index is 267. The first-order valence-electron chi connectivity index (χ1n) is 4.24. The molecule has 0 saturated heterocycles. The zero-order valence-corrected chi connectivity index (χ0v) is 8.31. The lowest BCUT2D eigenvalue weighted by Crippen LogP contribution is -2.21. The zero-order chi connectivity index (χ0) is 9.68. The van der Waals surface area contributed by atoms with Gasteiger partial charge in [0.2, 0.25) is 0 Å². The van der Waals surface area contributed by atoms with Crippen molar-refractivity contribution in [3.05, 3.63) is 30.1 Å². The summed E-state index contributed by atoms with van der Waals surface area (Å²) in [6, 6.07) is 4.22. The Kier molecular flexibility index (Phi) is 3.58. The van der Waals surface area contributed by atoms with E-state index in [9.17, 15) is 0 Å². The predicted molar refractivity (Wildman–Crippen MR) is 55.1 cm³/mol. The number of rotatable bonds is 3. The normalized spacial score (nSPS) is 13.8. The van der Waals surface area contributed by atoms with E-state index in [0.717, 1.165) is 5.56 Å². The van der Waals surface area contributed by atoms with Crippen LogP contribution in [0.15, 0.2) is 29.5 Å². The predicted octanol–water partition coefficient (Wildman–Crippen LogP) is 1.38. The van der Waals surface area contributed by atoms with E-state index < -0.39 is 0 Å². The summed E-state index contributed by atoms with van der Waals surface area (Å²) in [4.78, 5) is 10.2. The molecule has 0 aromatic carbocycles. The standard InChI is InChI=1S/C10H15N3/c1-11-8-10(13(2)3)9-5-4-6-12-7-9/h4-8,10H,1-3H3. The minimum absolute atomic E-state index is 0.221. The van der Waals surface area contributed by atoms with Crippen molar-refractivity contribution in [2.24, 2.45) is 4.99 Å². The molecule has 0 aliphatic rings. The Balaban J connectivity index is 2.89. The smallest absolute Gasteiger partial charge is 0.0711 e. The van der Waals surface area contributed by atoms with Gasteiger partial charge in [0.05, 0.1) is 6.04 Å². The van der Waals surface area contributed by atoms with Crippen molar-refractivity contribution in [2.75, 3.05) is 21.1 Å². The fourth-order valence-corrected chi connectivity index (χ4v) is 1.21. The van der Waals surface area contributed by atoms with Gasteiger partial charge in [-0.05, 0) is 25.7 Å². The largest absolute Gasteiger partial charge is 0.299 e. The highest BCUT2D eigenvalue weighted by Crippen LogP contribution is 2.13. The van der Waals surface area contributed by atoms with Gasteiger partial charge in [-0.2, -0.15) is 0 Å². The lowest BCUT2D eigenvalue weighted by Gasteiger charge is -2.19. The second-order valence-electron chi connectivity index (χ2n) is 3.10. The first kappa shape index (κ1) is 9.86. The van der Waals surface area contributed by atoms with E-state index in [-0.39, 0.29) is 6.04 Å². The van der Waals surface area contributed by atoms with Crippen molar-refractivity contribution in [2.45, 2.75) is 6.04 Å². The van der Waals surface area contributed by atoms with Crippen molar-refractivity contribution in [3.8, 4) is 0 Å². The number of aromatic nitrogens is 1. The van der Waals surface area contributed by atoms with E-state index >= 15 is 0 Å². The van der Waals surface area contributed by atoms with E-state index in [0.29, 0.717) is 0 Å². The fraction of sp³-hybridized carbons (Fsp3) is 0.400. The van der Waals surface area contributed by atoms with Gasteiger partial charge in [0.1, 0.15) is 0 Å². The summed E-state index contributed by atoms with van der Waals surface area (Å²) < 4.78 is 0. The van der Waals surface area contributed by atoms with E-state index in [1.165, 1.54) is 0 Å². The van der Waals surface area contributed by atoms with Gasteiger partial charge in [-0.15, -0.1) is 0 Å². The number of hydrogen-bond donors (Lipinski definition) is 0. The number of aliphatic imine (C=N–C) groups is 1. The first-order valence-corrected chi connectivity index (χ1v) is 4.24. The Morgan fingerprint density at radius 3 is 2.77 bits per heavy atom. The molecule has 3 nitrogen and oxygen atoms in total. The summed E-state index contributed by atoms with van der Waals surface area (Å²) in [6.45, 7) is 0. The molecular formula is C10H15N3. The molecule has 0 aliphatic carbocycles. The van der Waals surface area contributed by atoms with Crippen LogP contribution in [0.4, 0.5) is 0 Å². The molecule has 13 heavy (non-hydrogen) atoms. The summed E-state index contributed by atoms with van der Waals surface area (Å²) in [5, 5.41) is 0. The lowest BCUT2D eigenvalue weighted by molar-refractivity contribution is 0.374. The van der Waals surface area contributed by atoms with Gasteiger partial charge >= 0.3 is 0 Å². The summed E-state index contributed by atoms with van der Waals surface area (Å²) in [7, 11) is 5.84. The molecule has 1 aromatic heterocycles. The molecule has 70 valence electrons. The Morgan fingerprint density at radius 1 is 1.54 bits per heavy atom. The molecule has 0 spiro atoms. The molecule has 1 atom stereocenters. The van der Waals surface area contributed by atoms with Crippen LogP contribution in [0.1, 0.15) is 11.6 Å². The van der Waals surface area contributed by atoms with Crippen LogP contribution in [0.5, 0.6) is 0 Å². The van der Waals surface area contributed by atoms with E-state index in [2.05, 4.69) is 20.9 Å². The van der Waals surface area contributed by atoms with Crippen molar-refractivity contribution in [1.82, 2.24) is 9.88 Å². The van der Waals surface area contributed by atoms with Gasteiger partial charge in [-0.25, -0.2) is 0 Å². The summed E-state index contributed by atoms with van der Waals surface area (Å²) >= 11 is 0. The summed E-state index contributed by atoms with van der Waals surface area (Å²) in [6.07, 6.45) is 5.56. The molecule has 0 bridgehead atoms. The van der Waals surface area contributed by atoms with Gasteiger partial charge in [-0.3, -0.25) is 14.9 Å². The van der Waals surface area contributed by atoms with Crippen LogP contribution in [0.3, 0.4) is 0 Å². The highest BCUT2D eigenvalue weighted by atomic mass is 15.1. The maximum Gasteiger partial charge on any atom is 0.0711 e. The molecule has 1 rings (SSSR count). The molecule has 0 fully saturated rings. The topological polar surface area (TPSA) is 28.5 Å². The SMILES string of the molecule is CN=CC(c1cccnc1)N(C)C. The molecule has 0 N–H and O–H groups in total. The first-order chi connectivity index (χ1) is 6.25. The minimum atomic E-state index is 0.221. The highest BCUT2D eigenvalue weighted by Gasteiger charge is 2.10. The highest BCUT2D eigenvalue weighted by molar-refractivity contribution is 5.66. The molecule has 0 amide bonds. The van der Waals surface area contributed by atoms with Gasteiger partial charge in [-0.1, -0.05) is 6.07 Å². The van der Waals surface area contributed by atoms with Gasteiger partial charge in [0, 0.05) is 25.7 Å². The molecule has 1 aromatic rings. The van der Waals surface area contributed by atoms with Crippen LogP contribution < -0.4 is 0 Å². The maximum absolute atomic E-state index is 4.08. The zero-order valence-electron chi connectivity index (χ0n) is 8.31. The Hall–Kier alpha value is -1.22. The van der Waals surface area contributed by atoms with Gasteiger partial charge in [0.25, 0.3) is 0 Å². The molecule has 0 radical (unpaired) electrons. The number of nitrogens with zero attached hydrogens (tertiary/aromatic N) is 3. The second kappa shape index (κ2) is 4.72. The van der Waals surface area contributed by atoms with Crippen LogP contribution in [0.25, 0.3) is 0 Å². The number of hydrogen-bond acceptors (Lipinski definition) is 3. The van der Waals surface area contributed by atoms with Crippen molar-refractivity contribution in [3.63, 3.8) is 0 Å². The van der Waals surface area contributed by atoms with Crippen LogP contribution >= 0.6 is 0 Å².